The number of rotatable bonds is 5. The number of benzene rings is 2. The van der Waals surface area contributed by atoms with Crippen molar-refractivity contribution in [3.8, 4) is 17.7 Å². The molecule has 130 valence electrons. The van der Waals surface area contributed by atoms with E-state index in [-0.39, 0.29) is 4.90 Å². The van der Waals surface area contributed by atoms with E-state index >= 15 is 0 Å². The number of hydrogen-bond donors (Lipinski definition) is 0. The first-order chi connectivity index (χ1) is 12.5. The van der Waals surface area contributed by atoms with Gasteiger partial charge in [-0.15, -0.1) is 0 Å². The standard InChI is InChI=1S/C19H15N3O3S/c1-22(26(23,24)18-5-3-2-4-6-18)16-8-10-17(11-9-16)25-19-12-7-15(13-20)14-21-19/h2-12,14H,1H3. The van der Waals surface area contributed by atoms with Crippen LogP contribution in [-0.2, 0) is 10.0 Å². The lowest BCUT2D eigenvalue weighted by atomic mass is 10.3. The zero-order valence-electron chi connectivity index (χ0n) is 13.9. The summed E-state index contributed by atoms with van der Waals surface area (Å²) in [5, 5.41) is 8.76. The third-order valence-electron chi connectivity index (χ3n) is 3.69. The van der Waals surface area contributed by atoms with Crippen LogP contribution in [0.25, 0.3) is 0 Å². The van der Waals surface area contributed by atoms with Gasteiger partial charge in [-0.3, -0.25) is 4.31 Å². The second-order valence-corrected chi connectivity index (χ2v) is 7.35. The number of hydrogen-bond acceptors (Lipinski definition) is 5. The van der Waals surface area contributed by atoms with Gasteiger partial charge in [0.1, 0.15) is 11.8 Å². The number of ether oxygens (including phenoxy) is 1. The van der Waals surface area contributed by atoms with E-state index < -0.39 is 10.0 Å². The largest absolute Gasteiger partial charge is 0.439 e. The number of nitrogens with zero attached hydrogens (tertiary/aromatic N) is 3. The fourth-order valence-electron chi connectivity index (χ4n) is 2.24. The highest BCUT2D eigenvalue weighted by Crippen LogP contribution is 2.26. The number of pyridine rings is 1. The van der Waals surface area contributed by atoms with Crippen molar-refractivity contribution in [2.45, 2.75) is 4.90 Å². The number of nitriles is 1. The van der Waals surface area contributed by atoms with E-state index in [9.17, 15) is 8.42 Å². The fourth-order valence-corrected chi connectivity index (χ4v) is 3.46. The quantitative estimate of drug-likeness (QED) is 0.690. The lowest BCUT2D eigenvalue weighted by Gasteiger charge is -2.19. The van der Waals surface area contributed by atoms with E-state index in [1.54, 1.807) is 66.7 Å². The van der Waals surface area contributed by atoms with Crippen LogP contribution in [0.2, 0.25) is 0 Å². The highest BCUT2D eigenvalue weighted by molar-refractivity contribution is 7.92. The van der Waals surface area contributed by atoms with Crippen molar-refractivity contribution in [1.29, 1.82) is 5.26 Å². The van der Waals surface area contributed by atoms with Crippen LogP contribution in [-0.4, -0.2) is 20.4 Å². The monoisotopic (exact) mass is 365 g/mol. The minimum Gasteiger partial charge on any atom is -0.439 e. The topological polar surface area (TPSA) is 83.3 Å². The molecule has 0 aliphatic heterocycles. The second-order valence-electron chi connectivity index (χ2n) is 5.38. The molecule has 0 unspecified atom stereocenters. The summed E-state index contributed by atoms with van der Waals surface area (Å²) < 4.78 is 32.1. The Bertz CT molecular complexity index is 1030. The van der Waals surface area contributed by atoms with Gasteiger partial charge in [0, 0.05) is 19.3 Å². The Morgan fingerprint density at radius 2 is 1.69 bits per heavy atom. The van der Waals surface area contributed by atoms with Crippen LogP contribution < -0.4 is 9.04 Å². The Kier molecular flexibility index (Phi) is 4.87. The summed E-state index contributed by atoms with van der Waals surface area (Å²) in [7, 11) is -2.12. The van der Waals surface area contributed by atoms with Crippen molar-refractivity contribution < 1.29 is 13.2 Å². The molecule has 1 aromatic heterocycles. The molecule has 0 amide bonds. The lowest BCUT2D eigenvalue weighted by Crippen LogP contribution is -2.26. The van der Waals surface area contributed by atoms with Crippen molar-refractivity contribution >= 4 is 15.7 Å². The van der Waals surface area contributed by atoms with Crippen molar-refractivity contribution in [1.82, 2.24) is 4.98 Å². The summed E-state index contributed by atoms with van der Waals surface area (Å²) in [6.45, 7) is 0. The molecule has 0 radical (unpaired) electrons. The van der Waals surface area contributed by atoms with Crippen LogP contribution in [0.3, 0.4) is 0 Å². The SMILES string of the molecule is CN(c1ccc(Oc2ccc(C#N)cn2)cc1)S(=O)(=O)c1ccccc1. The van der Waals surface area contributed by atoms with Gasteiger partial charge in [-0.05, 0) is 42.5 Å². The summed E-state index contributed by atoms with van der Waals surface area (Å²) in [5.41, 5.74) is 0.953. The van der Waals surface area contributed by atoms with Gasteiger partial charge in [-0.1, -0.05) is 18.2 Å². The summed E-state index contributed by atoms with van der Waals surface area (Å²) in [6, 6.07) is 20.1. The molecular weight excluding hydrogens is 350 g/mol. The van der Waals surface area contributed by atoms with E-state index in [4.69, 9.17) is 10.00 Å². The lowest BCUT2D eigenvalue weighted by molar-refractivity contribution is 0.463. The maximum atomic E-state index is 12.6. The third kappa shape index (κ3) is 3.66. The van der Waals surface area contributed by atoms with E-state index in [1.165, 1.54) is 17.5 Å². The highest BCUT2D eigenvalue weighted by atomic mass is 32.2. The van der Waals surface area contributed by atoms with Crippen LogP contribution >= 0.6 is 0 Å². The first kappa shape index (κ1) is 17.5. The molecule has 6 nitrogen and oxygen atoms in total. The van der Waals surface area contributed by atoms with Gasteiger partial charge in [0.25, 0.3) is 10.0 Å². The first-order valence-corrected chi connectivity index (χ1v) is 9.13. The van der Waals surface area contributed by atoms with Gasteiger partial charge in [-0.25, -0.2) is 13.4 Å². The summed E-state index contributed by atoms with van der Waals surface area (Å²) in [6.07, 6.45) is 1.42. The average molecular weight is 365 g/mol. The Labute approximate surface area is 152 Å². The summed E-state index contributed by atoms with van der Waals surface area (Å²) in [5.74, 6) is 0.860. The van der Waals surface area contributed by atoms with Gasteiger partial charge in [0.2, 0.25) is 5.88 Å². The predicted octanol–water partition coefficient (Wildman–Crippen LogP) is 3.57. The molecule has 0 aliphatic carbocycles. The van der Waals surface area contributed by atoms with Gasteiger partial charge >= 0.3 is 0 Å². The van der Waals surface area contributed by atoms with E-state index in [0.29, 0.717) is 22.9 Å². The number of anilines is 1. The molecule has 0 bridgehead atoms. The van der Waals surface area contributed by atoms with Crippen LogP contribution in [0.15, 0.2) is 77.8 Å². The molecule has 0 N–H and O–H groups in total. The van der Waals surface area contributed by atoms with Crippen molar-refractivity contribution in [2.24, 2.45) is 0 Å². The molecular formula is C19H15N3O3S. The van der Waals surface area contributed by atoms with Crippen LogP contribution in [0.1, 0.15) is 5.56 Å². The molecule has 0 aliphatic rings. The molecule has 0 atom stereocenters. The Hall–Kier alpha value is -3.37. The van der Waals surface area contributed by atoms with Crippen LogP contribution in [0, 0.1) is 11.3 Å². The van der Waals surface area contributed by atoms with Crippen LogP contribution in [0.5, 0.6) is 11.6 Å². The molecule has 0 saturated heterocycles. The minimum atomic E-state index is -3.62. The summed E-state index contributed by atoms with van der Waals surface area (Å²) >= 11 is 0. The molecule has 0 spiro atoms. The van der Waals surface area contributed by atoms with E-state index in [1.807, 2.05) is 6.07 Å². The second kappa shape index (κ2) is 7.25. The average Bonchev–Trinajstić information content (AvgIpc) is 2.69. The third-order valence-corrected chi connectivity index (χ3v) is 5.49. The van der Waals surface area contributed by atoms with Gasteiger partial charge in [-0.2, -0.15) is 5.26 Å². The molecule has 7 heteroatoms. The Morgan fingerprint density at radius 1 is 1.00 bits per heavy atom. The smallest absolute Gasteiger partial charge is 0.264 e. The van der Waals surface area contributed by atoms with E-state index in [2.05, 4.69) is 4.98 Å². The number of sulfonamides is 1. The van der Waals surface area contributed by atoms with E-state index in [0.717, 1.165) is 0 Å². The molecule has 3 rings (SSSR count). The van der Waals surface area contributed by atoms with Gasteiger partial charge < -0.3 is 4.74 Å². The minimum absolute atomic E-state index is 0.226. The maximum Gasteiger partial charge on any atom is 0.264 e. The van der Waals surface area contributed by atoms with Crippen molar-refractivity contribution in [3.63, 3.8) is 0 Å². The molecule has 0 fully saturated rings. The predicted molar refractivity (Wildman–Crippen MR) is 97.5 cm³/mol. The summed E-state index contributed by atoms with van der Waals surface area (Å²) in [4.78, 5) is 4.26. The van der Waals surface area contributed by atoms with Gasteiger partial charge in [0.15, 0.2) is 0 Å². The number of aromatic nitrogens is 1. The maximum absolute atomic E-state index is 12.6. The molecule has 0 saturated carbocycles. The molecule has 26 heavy (non-hydrogen) atoms. The van der Waals surface area contributed by atoms with Gasteiger partial charge in [0.05, 0.1) is 16.1 Å². The Balaban J connectivity index is 1.77. The van der Waals surface area contributed by atoms with Crippen molar-refractivity contribution in [3.05, 3.63) is 78.5 Å². The van der Waals surface area contributed by atoms with Crippen molar-refractivity contribution in [2.75, 3.05) is 11.4 Å². The first-order valence-electron chi connectivity index (χ1n) is 7.69. The van der Waals surface area contributed by atoms with Crippen LogP contribution in [0.4, 0.5) is 5.69 Å². The zero-order valence-corrected chi connectivity index (χ0v) is 14.7. The molecule has 2 aromatic carbocycles. The fraction of sp³-hybridized carbons (Fsp3) is 0.0526. The molecule has 1 heterocycles. The highest BCUT2D eigenvalue weighted by Gasteiger charge is 2.20. The molecule has 3 aromatic rings. The zero-order chi connectivity index (χ0) is 18.6. The Morgan fingerprint density at radius 3 is 2.27 bits per heavy atom. The normalized spacial score (nSPS) is 10.8.